The van der Waals surface area contributed by atoms with E-state index in [0.717, 1.165) is 25.6 Å². The summed E-state index contributed by atoms with van der Waals surface area (Å²) in [6, 6.07) is 13.3. The van der Waals surface area contributed by atoms with E-state index in [1.54, 1.807) is 0 Å². The van der Waals surface area contributed by atoms with E-state index in [1.165, 1.54) is 0 Å². The second kappa shape index (κ2) is 5.83. The standard InChI is InChI=1S/C15H9Br2ClN2O/c16-10-4-9(5-11(17)7-10)14-13(15(19)20-21-14)8-2-1-3-12(18)6-8/h1-7H,(H2,19,20). The number of nitrogen functional groups attached to an aromatic ring is 1. The van der Waals surface area contributed by atoms with Crippen molar-refractivity contribution in [2.45, 2.75) is 0 Å². The molecule has 0 saturated heterocycles. The highest BCUT2D eigenvalue weighted by Gasteiger charge is 2.18. The van der Waals surface area contributed by atoms with E-state index in [9.17, 15) is 0 Å². The highest BCUT2D eigenvalue weighted by molar-refractivity contribution is 9.11. The van der Waals surface area contributed by atoms with Gasteiger partial charge in [-0.1, -0.05) is 60.8 Å². The van der Waals surface area contributed by atoms with Gasteiger partial charge in [0.25, 0.3) is 0 Å². The fraction of sp³-hybridized carbons (Fsp3) is 0. The van der Waals surface area contributed by atoms with Gasteiger partial charge in [-0.3, -0.25) is 0 Å². The molecule has 3 aromatic rings. The van der Waals surface area contributed by atoms with E-state index < -0.39 is 0 Å². The van der Waals surface area contributed by atoms with Crippen molar-refractivity contribution in [1.82, 2.24) is 5.16 Å². The van der Waals surface area contributed by atoms with E-state index >= 15 is 0 Å². The number of halogens is 3. The van der Waals surface area contributed by atoms with Gasteiger partial charge < -0.3 is 10.3 Å². The first-order valence-corrected chi connectivity index (χ1v) is 7.98. The van der Waals surface area contributed by atoms with Crippen molar-refractivity contribution in [2.75, 3.05) is 5.73 Å². The summed E-state index contributed by atoms with van der Waals surface area (Å²) in [6.45, 7) is 0. The molecule has 0 spiro atoms. The quantitative estimate of drug-likeness (QED) is 0.564. The van der Waals surface area contributed by atoms with Gasteiger partial charge in [0.2, 0.25) is 0 Å². The zero-order chi connectivity index (χ0) is 15.0. The summed E-state index contributed by atoms with van der Waals surface area (Å²) in [5, 5.41) is 4.52. The molecule has 0 saturated carbocycles. The Balaban J connectivity index is 2.21. The Hall–Kier alpha value is -1.30. The largest absolute Gasteiger partial charge is 0.380 e. The van der Waals surface area contributed by atoms with Crippen LogP contribution in [-0.2, 0) is 0 Å². The number of benzene rings is 2. The van der Waals surface area contributed by atoms with Crippen molar-refractivity contribution >= 4 is 49.3 Å². The molecule has 3 nitrogen and oxygen atoms in total. The van der Waals surface area contributed by atoms with Crippen LogP contribution in [0.5, 0.6) is 0 Å². The summed E-state index contributed by atoms with van der Waals surface area (Å²) in [4.78, 5) is 0. The van der Waals surface area contributed by atoms with Gasteiger partial charge in [0.15, 0.2) is 11.6 Å². The maximum absolute atomic E-state index is 6.06. The van der Waals surface area contributed by atoms with Gasteiger partial charge in [0.05, 0.1) is 5.56 Å². The fourth-order valence-corrected chi connectivity index (χ4v) is 3.59. The molecule has 0 aliphatic rings. The molecule has 2 N–H and O–H groups in total. The van der Waals surface area contributed by atoms with Gasteiger partial charge in [0, 0.05) is 19.5 Å². The second-order valence-electron chi connectivity index (χ2n) is 4.44. The molecule has 0 aliphatic carbocycles. The summed E-state index contributed by atoms with van der Waals surface area (Å²) in [5.41, 5.74) is 8.44. The monoisotopic (exact) mass is 426 g/mol. The van der Waals surface area contributed by atoms with Crippen molar-refractivity contribution in [2.24, 2.45) is 0 Å². The maximum Gasteiger partial charge on any atom is 0.176 e. The molecule has 0 fully saturated rings. The Bertz CT molecular complexity index is 797. The number of anilines is 1. The predicted molar refractivity (Wildman–Crippen MR) is 92.2 cm³/mol. The fourth-order valence-electron chi connectivity index (χ4n) is 2.11. The van der Waals surface area contributed by atoms with Crippen LogP contribution in [0.1, 0.15) is 0 Å². The minimum atomic E-state index is 0.336. The van der Waals surface area contributed by atoms with Crippen LogP contribution in [0.25, 0.3) is 22.5 Å². The van der Waals surface area contributed by atoms with Gasteiger partial charge in [-0.05, 0) is 35.9 Å². The van der Waals surface area contributed by atoms with Crippen LogP contribution in [0.2, 0.25) is 5.02 Å². The van der Waals surface area contributed by atoms with Crippen LogP contribution >= 0.6 is 43.5 Å². The zero-order valence-electron chi connectivity index (χ0n) is 10.6. The van der Waals surface area contributed by atoms with E-state index in [0.29, 0.717) is 16.6 Å². The Labute approximate surface area is 143 Å². The molecule has 0 radical (unpaired) electrons. The van der Waals surface area contributed by atoms with Crippen LogP contribution in [0.3, 0.4) is 0 Å². The van der Waals surface area contributed by atoms with Gasteiger partial charge >= 0.3 is 0 Å². The third-order valence-corrected chi connectivity index (χ3v) is 4.11. The lowest BCUT2D eigenvalue weighted by Crippen LogP contribution is -1.89. The molecular formula is C15H9Br2ClN2O. The number of hydrogen-bond acceptors (Lipinski definition) is 3. The van der Waals surface area contributed by atoms with E-state index in [2.05, 4.69) is 37.0 Å². The molecule has 2 aromatic carbocycles. The highest BCUT2D eigenvalue weighted by Crippen LogP contribution is 2.39. The molecule has 21 heavy (non-hydrogen) atoms. The summed E-state index contributed by atoms with van der Waals surface area (Å²) in [7, 11) is 0. The summed E-state index contributed by atoms with van der Waals surface area (Å²) >= 11 is 13.0. The SMILES string of the molecule is Nc1noc(-c2cc(Br)cc(Br)c2)c1-c1cccc(Cl)c1. The maximum atomic E-state index is 6.06. The van der Waals surface area contributed by atoms with Gasteiger partial charge in [-0.15, -0.1) is 0 Å². The normalized spacial score (nSPS) is 10.8. The summed E-state index contributed by atoms with van der Waals surface area (Å²) in [6.07, 6.45) is 0. The van der Waals surface area contributed by atoms with Crippen molar-refractivity contribution in [3.05, 3.63) is 56.4 Å². The molecule has 0 unspecified atom stereocenters. The van der Waals surface area contributed by atoms with Gasteiger partial charge in [-0.2, -0.15) is 0 Å². The molecule has 1 aromatic heterocycles. The van der Waals surface area contributed by atoms with Crippen LogP contribution in [-0.4, -0.2) is 5.16 Å². The lowest BCUT2D eigenvalue weighted by atomic mass is 10.0. The van der Waals surface area contributed by atoms with Crippen LogP contribution in [0.15, 0.2) is 55.9 Å². The van der Waals surface area contributed by atoms with Gasteiger partial charge in [-0.25, -0.2) is 0 Å². The van der Waals surface area contributed by atoms with Crippen LogP contribution in [0, 0.1) is 0 Å². The number of rotatable bonds is 2. The first-order chi connectivity index (χ1) is 10.0. The van der Waals surface area contributed by atoms with E-state index in [1.807, 2.05) is 42.5 Å². The molecule has 3 rings (SSSR count). The molecule has 106 valence electrons. The van der Waals surface area contributed by atoms with E-state index in [-0.39, 0.29) is 0 Å². The Morgan fingerprint density at radius 3 is 2.38 bits per heavy atom. The number of nitrogens with two attached hydrogens (primary N) is 1. The molecule has 1 heterocycles. The number of hydrogen-bond donors (Lipinski definition) is 1. The second-order valence-corrected chi connectivity index (χ2v) is 6.71. The minimum absolute atomic E-state index is 0.336. The molecule has 0 aliphatic heterocycles. The average molecular weight is 429 g/mol. The lowest BCUT2D eigenvalue weighted by Gasteiger charge is -2.05. The van der Waals surface area contributed by atoms with Crippen molar-refractivity contribution in [1.29, 1.82) is 0 Å². The summed E-state index contributed by atoms with van der Waals surface area (Å²) in [5.74, 6) is 0.945. The Kier molecular flexibility index (Phi) is 4.06. The first kappa shape index (κ1) is 14.6. The molecule has 6 heteroatoms. The highest BCUT2D eigenvalue weighted by atomic mass is 79.9. The van der Waals surface area contributed by atoms with Gasteiger partial charge in [0.1, 0.15) is 0 Å². The van der Waals surface area contributed by atoms with Crippen LogP contribution < -0.4 is 5.73 Å². The molecule has 0 bridgehead atoms. The molecule has 0 amide bonds. The predicted octanol–water partition coefficient (Wildman–Crippen LogP) is 5.77. The minimum Gasteiger partial charge on any atom is -0.380 e. The average Bonchev–Trinajstić information content (AvgIpc) is 2.79. The number of nitrogens with zero attached hydrogens (tertiary/aromatic N) is 1. The zero-order valence-corrected chi connectivity index (χ0v) is 14.5. The Morgan fingerprint density at radius 1 is 1.00 bits per heavy atom. The first-order valence-electron chi connectivity index (χ1n) is 6.02. The van der Waals surface area contributed by atoms with Crippen molar-refractivity contribution < 1.29 is 4.52 Å². The smallest absolute Gasteiger partial charge is 0.176 e. The van der Waals surface area contributed by atoms with Crippen molar-refractivity contribution in [3.8, 4) is 22.5 Å². The lowest BCUT2D eigenvalue weighted by molar-refractivity contribution is 0.436. The number of aromatic nitrogens is 1. The van der Waals surface area contributed by atoms with Crippen LogP contribution in [0.4, 0.5) is 5.82 Å². The summed E-state index contributed by atoms with van der Waals surface area (Å²) < 4.78 is 7.29. The van der Waals surface area contributed by atoms with E-state index in [4.69, 9.17) is 21.9 Å². The van der Waals surface area contributed by atoms with Crippen molar-refractivity contribution in [3.63, 3.8) is 0 Å². The third-order valence-electron chi connectivity index (χ3n) is 2.96. The third kappa shape index (κ3) is 3.00. The molecule has 0 atom stereocenters. The topological polar surface area (TPSA) is 52.0 Å². The Morgan fingerprint density at radius 2 is 1.71 bits per heavy atom. The molecular weight excluding hydrogens is 419 g/mol.